The van der Waals surface area contributed by atoms with Crippen LogP contribution in [0.4, 0.5) is 0 Å². The zero-order valence-corrected chi connectivity index (χ0v) is 21.6. The first-order chi connectivity index (χ1) is 13.7. The molecule has 0 amide bonds. The zero-order valence-electron chi connectivity index (χ0n) is 17.6. The van der Waals surface area contributed by atoms with Gasteiger partial charge in [0.05, 0.1) is 0 Å². The smallest absolute Gasteiger partial charge is 1.00 e. The van der Waals surface area contributed by atoms with Crippen LogP contribution in [0.3, 0.4) is 0 Å². The van der Waals surface area contributed by atoms with Crippen LogP contribution in [0, 0.1) is 12.2 Å². The summed E-state index contributed by atoms with van der Waals surface area (Å²) in [4.78, 5) is 0. The van der Waals surface area contributed by atoms with Crippen LogP contribution in [-0.2, 0) is 39.0 Å². The van der Waals surface area contributed by atoms with E-state index in [1.165, 1.54) is 54.9 Å². The SMILES string of the molecule is CC1=[C-]c2c(ccc3ccccc23)C1.CC1=[C-]c2c(ccc3ccccc23)C1.[Cl-].[Cl-].[Zr+4]. The Kier molecular flexibility index (Phi) is 8.90. The van der Waals surface area contributed by atoms with E-state index in [1.807, 2.05) is 0 Å². The summed E-state index contributed by atoms with van der Waals surface area (Å²) in [5.74, 6) is 0. The van der Waals surface area contributed by atoms with Gasteiger partial charge in [0.2, 0.25) is 0 Å². The molecule has 4 aromatic carbocycles. The van der Waals surface area contributed by atoms with Crippen molar-refractivity contribution in [2.45, 2.75) is 26.7 Å². The molecule has 0 nitrogen and oxygen atoms in total. The van der Waals surface area contributed by atoms with Crippen LogP contribution in [0.5, 0.6) is 0 Å². The Morgan fingerprint density at radius 1 is 0.548 bits per heavy atom. The average molecular weight is 521 g/mol. The van der Waals surface area contributed by atoms with Gasteiger partial charge in [0.25, 0.3) is 0 Å². The largest absolute Gasteiger partial charge is 4.00 e. The number of benzene rings is 4. The second kappa shape index (κ2) is 10.8. The van der Waals surface area contributed by atoms with Gasteiger partial charge in [-0.25, -0.2) is 0 Å². The minimum Gasteiger partial charge on any atom is -1.00 e. The first-order valence-electron chi connectivity index (χ1n) is 9.89. The molecule has 4 aromatic rings. The first-order valence-corrected chi connectivity index (χ1v) is 9.89. The fraction of sp³-hybridized carbons (Fsp3) is 0.143. The van der Waals surface area contributed by atoms with Crippen LogP contribution in [0.15, 0.2) is 83.9 Å². The van der Waals surface area contributed by atoms with Gasteiger partial charge in [0.15, 0.2) is 0 Å². The molecule has 0 spiro atoms. The molecule has 2 aliphatic rings. The van der Waals surface area contributed by atoms with Gasteiger partial charge in [-0.1, -0.05) is 86.0 Å². The van der Waals surface area contributed by atoms with Gasteiger partial charge < -0.3 is 24.8 Å². The molecule has 0 unspecified atom stereocenters. The molecule has 0 aliphatic heterocycles. The maximum atomic E-state index is 3.46. The summed E-state index contributed by atoms with van der Waals surface area (Å²) in [7, 11) is 0. The van der Waals surface area contributed by atoms with Crippen LogP contribution in [-0.4, -0.2) is 0 Å². The summed E-state index contributed by atoms with van der Waals surface area (Å²) in [6, 6.07) is 25.9. The fourth-order valence-corrected chi connectivity index (χ4v) is 4.31. The predicted molar refractivity (Wildman–Crippen MR) is 118 cm³/mol. The molecule has 6 rings (SSSR count). The quantitative estimate of drug-likeness (QED) is 0.304. The molecule has 0 aromatic heterocycles. The summed E-state index contributed by atoms with van der Waals surface area (Å²) < 4.78 is 0. The van der Waals surface area contributed by atoms with Gasteiger partial charge in [-0.15, -0.1) is 57.3 Å². The van der Waals surface area contributed by atoms with E-state index in [2.05, 4.69) is 98.8 Å². The number of halogens is 2. The van der Waals surface area contributed by atoms with Crippen molar-refractivity contribution in [2.75, 3.05) is 0 Å². The maximum Gasteiger partial charge on any atom is 4.00 e. The maximum absolute atomic E-state index is 3.46. The molecular weight excluding hydrogens is 498 g/mol. The minimum absolute atomic E-state index is 0. The number of rotatable bonds is 0. The molecule has 0 fully saturated rings. The molecule has 0 heterocycles. The number of allylic oxidation sites excluding steroid dienone is 2. The third-order valence-electron chi connectivity index (χ3n) is 5.62. The number of hydrogen-bond acceptors (Lipinski definition) is 0. The number of hydrogen-bond donors (Lipinski definition) is 0. The molecule has 2 aliphatic carbocycles. The Morgan fingerprint density at radius 3 is 1.35 bits per heavy atom. The molecule has 152 valence electrons. The minimum atomic E-state index is 0. The van der Waals surface area contributed by atoms with E-state index in [-0.39, 0.29) is 51.0 Å². The van der Waals surface area contributed by atoms with E-state index in [0.717, 1.165) is 12.8 Å². The van der Waals surface area contributed by atoms with Crippen molar-refractivity contribution in [1.82, 2.24) is 0 Å². The Hall–Kier alpha value is -1.66. The van der Waals surface area contributed by atoms with E-state index in [1.54, 1.807) is 0 Å². The van der Waals surface area contributed by atoms with Gasteiger partial charge in [-0.05, 0) is 0 Å². The van der Waals surface area contributed by atoms with Crippen LogP contribution in [0.25, 0.3) is 21.5 Å². The van der Waals surface area contributed by atoms with Gasteiger partial charge in [0, 0.05) is 0 Å². The van der Waals surface area contributed by atoms with Crippen molar-refractivity contribution in [1.29, 1.82) is 0 Å². The summed E-state index contributed by atoms with van der Waals surface area (Å²) >= 11 is 0. The Labute approximate surface area is 216 Å². The van der Waals surface area contributed by atoms with E-state index >= 15 is 0 Å². The van der Waals surface area contributed by atoms with Gasteiger partial charge in [-0.2, -0.15) is 23.3 Å². The van der Waals surface area contributed by atoms with E-state index in [4.69, 9.17) is 0 Å². The van der Waals surface area contributed by atoms with Crippen LogP contribution < -0.4 is 24.8 Å². The van der Waals surface area contributed by atoms with Crippen molar-refractivity contribution in [3.63, 3.8) is 0 Å². The van der Waals surface area contributed by atoms with Crippen LogP contribution in [0.1, 0.15) is 36.1 Å². The van der Waals surface area contributed by atoms with Gasteiger partial charge >= 0.3 is 26.2 Å². The van der Waals surface area contributed by atoms with Crippen molar-refractivity contribution in [3.05, 3.63) is 118 Å². The molecule has 0 saturated heterocycles. The topological polar surface area (TPSA) is 0 Å². The van der Waals surface area contributed by atoms with Crippen LogP contribution >= 0.6 is 0 Å². The molecule has 0 N–H and O–H groups in total. The first kappa shape index (κ1) is 25.6. The summed E-state index contributed by atoms with van der Waals surface area (Å²) in [6.45, 7) is 4.30. The van der Waals surface area contributed by atoms with Crippen molar-refractivity contribution in [2.24, 2.45) is 0 Å². The predicted octanol–water partition coefficient (Wildman–Crippen LogP) is 0.992. The second-order valence-corrected chi connectivity index (χ2v) is 7.81. The second-order valence-electron chi connectivity index (χ2n) is 7.81. The Morgan fingerprint density at radius 2 is 0.935 bits per heavy atom. The third kappa shape index (κ3) is 5.06. The standard InChI is InChI=1S/2C14H11.2ClH.Zr/c2*1-10-8-12-7-6-11-4-2-3-5-13(11)14(12)9-10;;;/h2*2-7H,8H2,1H3;2*1H;/q2*-1;;;+4/p-2. The fourth-order valence-electron chi connectivity index (χ4n) is 4.31. The summed E-state index contributed by atoms with van der Waals surface area (Å²) in [5, 5.41) is 5.30. The molecule has 0 bridgehead atoms. The van der Waals surface area contributed by atoms with Crippen molar-refractivity contribution < 1.29 is 51.0 Å². The monoisotopic (exact) mass is 518 g/mol. The molecule has 0 atom stereocenters. The third-order valence-corrected chi connectivity index (χ3v) is 5.62. The van der Waals surface area contributed by atoms with Gasteiger partial charge in [-0.3, -0.25) is 0 Å². The Bertz CT molecular complexity index is 1180. The normalized spacial score (nSPS) is 12.8. The molecular formula is C28H22Cl2Zr. The molecule has 0 radical (unpaired) electrons. The molecule has 3 heteroatoms. The van der Waals surface area contributed by atoms with Gasteiger partial charge in [0.1, 0.15) is 0 Å². The average Bonchev–Trinajstić information content (AvgIpc) is 3.30. The molecule has 31 heavy (non-hydrogen) atoms. The molecule has 0 saturated carbocycles. The number of fused-ring (bicyclic) bond motifs is 6. The summed E-state index contributed by atoms with van der Waals surface area (Å²) in [5.41, 5.74) is 8.14. The zero-order chi connectivity index (χ0) is 19.1. The van der Waals surface area contributed by atoms with E-state index in [9.17, 15) is 0 Å². The van der Waals surface area contributed by atoms with Crippen molar-refractivity contribution in [3.8, 4) is 0 Å². The van der Waals surface area contributed by atoms with Crippen LogP contribution in [0.2, 0.25) is 0 Å². The van der Waals surface area contributed by atoms with E-state index < -0.39 is 0 Å². The summed E-state index contributed by atoms with van der Waals surface area (Å²) in [6.07, 6.45) is 9.05. The Balaban J connectivity index is 0.000000201. The van der Waals surface area contributed by atoms with Crippen molar-refractivity contribution >= 4 is 21.5 Å². The van der Waals surface area contributed by atoms with E-state index in [0.29, 0.717) is 0 Å².